The lowest BCUT2D eigenvalue weighted by atomic mass is 9.98. The molecule has 1 N–H and O–H groups in total. The van der Waals surface area contributed by atoms with Crippen LogP contribution in [0.2, 0.25) is 0 Å². The largest absolute Gasteiger partial charge is 0.310 e. The molecule has 1 aromatic carbocycles. The SMILES string of the molecule is CCNC(CCCC(C)C)c1ccc(Br)cc1Br. The van der Waals surface area contributed by atoms with Gasteiger partial charge in [-0.05, 0) is 36.6 Å². The Labute approximate surface area is 128 Å². The van der Waals surface area contributed by atoms with Gasteiger partial charge in [-0.2, -0.15) is 0 Å². The van der Waals surface area contributed by atoms with Crippen molar-refractivity contribution in [3.63, 3.8) is 0 Å². The van der Waals surface area contributed by atoms with Crippen LogP contribution >= 0.6 is 31.9 Å². The maximum Gasteiger partial charge on any atom is 0.0331 e. The average Bonchev–Trinajstić information content (AvgIpc) is 2.28. The molecule has 0 spiro atoms. The molecule has 3 heteroatoms. The van der Waals surface area contributed by atoms with E-state index in [1.165, 1.54) is 29.3 Å². The monoisotopic (exact) mass is 375 g/mol. The van der Waals surface area contributed by atoms with Gasteiger partial charge in [-0.3, -0.25) is 0 Å². The van der Waals surface area contributed by atoms with Gasteiger partial charge in [0.25, 0.3) is 0 Å². The first kappa shape index (κ1) is 16.2. The highest BCUT2D eigenvalue weighted by atomic mass is 79.9. The van der Waals surface area contributed by atoms with Crippen molar-refractivity contribution in [2.24, 2.45) is 5.92 Å². The molecule has 0 saturated carbocycles. The number of hydrogen-bond donors (Lipinski definition) is 1. The predicted octanol–water partition coefficient (Wildman–Crippen LogP) is 5.69. The molecule has 18 heavy (non-hydrogen) atoms. The smallest absolute Gasteiger partial charge is 0.0331 e. The van der Waals surface area contributed by atoms with E-state index in [0.717, 1.165) is 16.9 Å². The Hall–Kier alpha value is 0.140. The summed E-state index contributed by atoms with van der Waals surface area (Å²) in [5, 5.41) is 3.59. The first-order valence-electron chi connectivity index (χ1n) is 6.73. The van der Waals surface area contributed by atoms with Crippen LogP contribution in [0, 0.1) is 5.92 Å². The van der Waals surface area contributed by atoms with Gasteiger partial charge in [0.1, 0.15) is 0 Å². The standard InChI is InChI=1S/C15H23Br2N/c1-4-18-15(7-5-6-11(2)3)13-9-8-12(16)10-14(13)17/h8-11,15,18H,4-7H2,1-3H3. The van der Waals surface area contributed by atoms with Gasteiger partial charge in [-0.25, -0.2) is 0 Å². The molecule has 0 saturated heterocycles. The summed E-state index contributed by atoms with van der Waals surface area (Å²) in [5.74, 6) is 0.792. The molecule has 1 unspecified atom stereocenters. The van der Waals surface area contributed by atoms with Crippen LogP contribution in [0.3, 0.4) is 0 Å². The second kappa shape index (κ2) is 8.34. The van der Waals surface area contributed by atoms with Crippen molar-refractivity contribution in [2.75, 3.05) is 6.54 Å². The number of nitrogens with one attached hydrogen (secondary N) is 1. The second-order valence-electron chi connectivity index (χ2n) is 5.10. The molecule has 0 aliphatic rings. The third-order valence-corrected chi connectivity index (χ3v) is 4.24. The highest BCUT2D eigenvalue weighted by Gasteiger charge is 2.13. The fraction of sp³-hybridized carbons (Fsp3) is 0.600. The molecule has 0 aliphatic carbocycles. The van der Waals surface area contributed by atoms with Gasteiger partial charge < -0.3 is 5.32 Å². The Morgan fingerprint density at radius 1 is 1.17 bits per heavy atom. The lowest BCUT2D eigenvalue weighted by Gasteiger charge is -2.20. The molecule has 1 rings (SSSR count). The Morgan fingerprint density at radius 3 is 2.44 bits per heavy atom. The van der Waals surface area contributed by atoms with Crippen molar-refractivity contribution in [2.45, 2.75) is 46.1 Å². The number of hydrogen-bond acceptors (Lipinski definition) is 1. The summed E-state index contributed by atoms with van der Waals surface area (Å²) >= 11 is 7.17. The average molecular weight is 377 g/mol. The normalized spacial score (nSPS) is 13.0. The zero-order valence-electron chi connectivity index (χ0n) is 11.5. The molecule has 0 aromatic heterocycles. The number of rotatable bonds is 7. The van der Waals surface area contributed by atoms with E-state index in [4.69, 9.17) is 0 Å². The Kier molecular flexibility index (Phi) is 7.50. The van der Waals surface area contributed by atoms with Gasteiger partial charge in [-0.1, -0.05) is 71.5 Å². The summed E-state index contributed by atoms with van der Waals surface area (Å²) in [6.07, 6.45) is 3.78. The quantitative estimate of drug-likeness (QED) is 0.644. The van der Waals surface area contributed by atoms with E-state index in [2.05, 4.69) is 76.1 Å². The summed E-state index contributed by atoms with van der Waals surface area (Å²) in [5.41, 5.74) is 1.36. The maximum absolute atomic E-state index is 3.67. The van der Waals surface area contributed by atoms with E-state index in [0.29, 0.717) is 6.04 Å². The Morgan fingerprint density at radius 2 is 1.89 bits per heavy atom. The molecular formula is C15H23Br2N. The molecule has 0 amide bonds. The minimum Gasteiger partial charge on any atom is -0.310 e. The zero-order valence-corrected chi connectivity index (χ0v) is 14.6. The zero-order chi connectivity index (χ0) is 13.5. The van der Waals surface area contributed by atoms with Crippen LogP contribution in [-0.4, -0.2) is 6.54 Å². The molecule has 102 valence electrons. The topological polar surface area (TPSA) is 12.0 Å². The van der Waals surface area contributed by atoms with Crippen molar-refractivity contribution in [1.29, 1.82) is 0 Å². The molecule has 0 radical (unpaired) electrons. The van der Waals surface area contributed by atoms with Gasteiger partial charge in [0.05, 0.1) is 0 Å². The molecular weight excluding hydrogens is 354 g/mol. The van der Waals surface area contributed by atoms with E-state index >= 15 is 0 Å². The van der Waals surface area contributed by atoms with Gasteiger partial charge >= 0.3 is 0 Å². The van der Waals surface area contributed by atoms with E-state index in [1.54, 1.807) is 0 Å². The van der Waals surface area contributed by atoms with Crippen LogP contribution in [0.1, 0.15) is 51.6 Å². The molecule has 1 nitrogen and oxygen atoms in total. The molecule has 0 heterocycles. The third kappa shape index (κ3) is 5.41. The Bertz CT molecular complexity index is 364. The second-order valence-corrected chi connectivity index (χ2v) is 6.87. The van der Waals surface area contributed by atoms with Crippen molar-refractivity contribution in [3.8, 4) is 0 Å². The van der Waals surface area contributed by atoms with E-state index in [-0.39, 0.29) is 0 Å². The van der Waals surface area contributed by atoms with Crippen LogP contribution in [0.5, 0.6) is 0 Å². The lowest BCUT2D eigenvalue weighted by Crippen LogP contribution is -2.21. The highest BCUT2D eigenvalue weighted by Crippen LogP contribution is 2.30. The fourth-order valence-corrected chi connectivity index (χ4v) is 3.45. The predicted molar refractivity (Wildman–Crippen MR) is 86.9 cm³/mol. The van der Waals surface area contributed by atoms with Crippen LogP contribution in [0.4, 0.5) is 0 Å². The molecule has 1 atom stereocenters. The van der Waals surface area contributed by atoms with Crippen molar-refractivity contribution < 1.29 is 0 Å². The van der Waals surface area contributed by atoms with Crippen LogP contribution in [-0.2, 0) is 0 Å². The van der Waals surface area contributed by atoms with Gasteiger partial charge in [0.15, 0.2) is 0 Å². The summed E-state index contributed by atoms with van der Waals surface area (Å²) in [6, 6.07) is 6.91. The molecule has 0 aliphatic heterocycles. The summed E-state index contributed by atoms with van der Waals surface area (Å²) in [4.78, 5) is 0. The minimum atomic E-state index is 0.455. The fourth-order valence-electron chi connectivity index (χ4n) is 2.13. The summed E-state index contributed by atoms with van der Waals surface area (Å²) < 4.78 is 2.31. The molecule has 0 bridgehead atoms. The van der Waals surface area contributed by atoms with E-state index < -0.39 is 0 Å². The minimum absolute atomic E-state index is 0.455. The Balaban J connectivity index is 2.70. The van der Waals surface area contributed by atoms with Gasteiger partial charge in [-0.15, -0.1) is 0 Å². The highest BCUT2D eigenvalue weighted by molar-refractivity contribution is 9.11. The first-order valence-corrected chi connectivity index (χ1v) is 8.31. The molecule has 1 aromatic rings. The van der Waals surface area contributed by atoms with E-state index in [9.17, 15) is 0 Å². The maximum atomic E-state index is 3.67. The van der Waals surface area contributed by atoms with Crippen molar-refractivity contribution in [3.05, 3.63) is 32.7 Å². The van der Waals surface area contributed by atoms with E-state index in [1.807, 2.05) is 0 Å². The number of benzene rings is 1. The summed E-state index contributed by atoms with van der Waals surface area (Å²) in [6.45, 7) is 7.76. The van der Waals surface area contributed by atoms with Crippen LogP contribution < -0.4 is 5.32 Å². The molecule has 0 fully saturated rings. The number of halogens is 2. The third-order valence-electron chi connectivity index (χ3n) is 3.06. The van der Waals surface area contributed by atoms with Crippen LogP contribution in [0.25, 0.3) is 0 Å². The van der Waals surface area contributed by atoms with Crippen molar-refractivity contribution in [1.82, 2.24) is 5.32 Å². The lowest BCUT2D eigenvalue weighted by molar-refractivity contribution is 0.454. The van der Waals surface area contributed by atoms with Crippen LogP contribution in [0.15, 0.2) is 27.1 Å². The first-order chi connectivity index (χ1) is 8.54. The van der Waals surface area contributed by atoms with Crippen molar-refractivity contribution >= 4 is 31.9 Å². The summed E-state index contributed by atoms with van der Waals surface area (Å²) in [7, 11) is 0. The van der Waals surface area contributed by atoms with Gasteiger partial charge in [0.2, 0.25) is 0 Å². The van der Waals surface area contributed by atoms with Gasteiger partial charge in [0, 0.05) is 15.0 Å².